The summed E-state index contributed by atoms with van der Waals surface area (Å²) in [5.41, 5.74) is -0.128. The van der Waals surface area contributed by atoms with Crippen molar-refractivity contribution in [3.8, 4) is 0 Å². The smallest absolute Gasteiger partial charge is 0.302 e. The summed E-state index contributed by atoms with van der Waals surface area (Å²) in [6.45, 7) is 4.58. The van der Waals surface area contributed by atoms with Crippen molar-refractivity contribution in [2.75, 3.05) is 31.1 Å². The number of halogens is 3. The molecule has 0 unspecified atom stereocenters. The Balaban J connectivity index is 1.50. The molecule has 3 rings (SSSR count). The molecule has 0 aliphatic carbocycles. The molecular formula is C16H21F3N2O2S. The van der Waals surface area contributed by atoms with E-state index in [-0.39, 0.29) is 11.3 Å². The van der Waals surface area contributed by atoms with Crippen LogP contribution in [-0.2, 0) is 22.4 Å². The maximum Gasteiger partial charge on any atom is 0.433 e. The minimum absolute atomic E-state index is 0.0472. The summed E-state index contributed by atoms with van der Waals surface area (Å²) in [6, 6.07) is 2.50. The van der Waals surface area contributed by atoms with Gasteiger partial charge in [-0.25, -0.2) is 8.42 Å². The number of pyridine rings is 1. The number of rotatable bonds is 4. The molecule has 0 aromatic carbocycles. The Hall–Kier alpha value is -1.15. The van der Waals surface area contributed by atoms with Crippen molar-refractivity contribution < 1.29 is 21.6 Å². The Morgan fingerprint density at radius 1 is 1.33 bits per heavy atom. The van der Waals surface area contributed by atoms with Crippen LogP contribution in [0.25, 0.3) is 0 Å². The summed E-state index contributed by atoms with van der Waals surface area (Å²) >= 11 is 0. The van der Waals surface area contributed by atoms with E-state index in [4.69, 9.17) is 0 Å². The average Bonchev–Trinajstić information content (AvgIpc) is 2.79. The molecule has 3 heterocycles. The van der Waals surface area contributed by atoms with Crippen molar-refractivity contribution in [1.29, 1.82) is 0 Å². The van der Waals surface area contributed by atoms with E-state index in [0.717, 1.165) is 37.7 Å². The molecule has 0 N–H and O–H groups in total. The lowest BCUT2D eigenvalue weighted by molar-refractivity contribution is -0.141. The van der Waals surface area contributed by atoms with Crippen LogP contribution in [0.15, 0.2) is 18.3 Å². The Labute approximate surface area is 140 Å². The van der Waals surface area contributed by atoms with E-state index < -0.39 is 21.7 Å². The van der Waals surface area contributed by atoms with Gasteiger partial charge in [0.1, 0.15) is 5.69 Å². The van der Waals surface area contributed by atoms with Crippen LogP contribution in [0, 0.1) is 11.3 Å². The highest BCUT2D eigenvalue weighted by atomic mass is 32.2. The second-order valence-corrected chi connectivity index (χ2v) is 9.44. The molecule has 2 aliphatic rings. The number of hydrogen-bond acceptors (Lipinski definition) is 4. The van der Waals surface area contributed by atoms with Crippen LogP contribution in [0.2, 0.25) is 0 Å². The van der Waals surface area contributed by atoms with E-state index in [2.05, 4.69) is 16.8 Å². The lowest BCUT2D eigenvalue weighted by Crippen LogP contribution is -2.50. The highest BCUT2D eigenvalue weighted by molar-refractivity contribution is 7.92. The van der Waals surface area contributed by atoms with Gasteiger partial charge in [0, 0.05) is 24.7 Å². The minimum atomic E-state index is -4.41. The average molecular weight is 362 g/mol. The topological polar surface area (TPSA) is 50.3 Å². The third kappa shape index (κ3) is 3.91. The van der Waals surface area contributed by atoms with Crippen LogP contribution in [0.4, 0.5) is 13.2 Å². The molecule has 0 bridgehead atoms. The lowest BCUT2D eigenvalue weighted by atomic mass is 9.91. The predicted molar refractivity (Wildman–Crippen MR) is 84.3 cm³/mol. The first-order valence-electron chi connectivity index (χ1n) is 8.02. The summed E-state index contributed by atoms with van der Waals surface area (Å²) in [4.78, 5) is 5.77. The zero-order valence-corrected chi connectivity index (χ0v) is 14.3. The van der Waals surface area contributed by atoms with Crippen molar-refractivity contribution in [3.05, 3.63) is 29.6 Å². The number of hydrogen-bond donors (Lipinski definition) is 0. The van der Waals surface area contributed by atoms with E-state index in [1.54, 1.807) is 0 Å². The van der Waals surface area contributed by atoms with Gasteiger partial charge in [-0.1, -0.05) is 13.0 Å². The van der Waals surface area contributed by atoms with Gasteiger partial charge in [0.2, 0.25) is 0 Å². The molecule has 8 heteroatoms. The fraction of sp³-hybridized carbons (Fsp3) is 0.688. The summed E-state index contributed by atoms with van der Waals surface area (Å²) in [5, 5.41) is 0. The van der Waals surface area contributed by atoms with Gasteiger partial charge >= 0.3 is 6.18 Å². The van der Waals surface area contributed by atoms with Gasteiger partial charge in [0.15, 0.2) is 9.84 Å². The molecular weight excluding hydrogens is 341 g/mol. The van der Waals surface area contributed by atoms with Crippen molar-refractivity contribution in [1.82, 2.24) is 9.88 Å². The van der Waals surface area contributed by atoms with Crippen molar-refractivity contribution in [3.63, 3.8) is 0 Å². The number of alkyl halides is 3. The first-order valence-corrected chi connectivity index (χ1v) is 9.84. The fourth-order valence-electron chi connectivity index (χ4n) is 3.93. The van der Waals surface area contributed by atoms with Crippen molar-refractivity contribution in [2.45, 2.75) is 25.9 Å². The lowest BCUT2D eigenvalue weighted by Gasteiger charge is -2.37. The second-order valence-electron chi connectivity index (χ2n) is 7.38. The third-order valence-corrected chi connectivity index (χ3v) is 6.94. The largest absolute Gasteiger partial charge is 0.433 e. The number of nitrogens with zero attached hydrogens (tertiary/aromatic N) is 2. The van der Waals surface area contributed by atoms with Gasteiger partial charge in [0.05, 0.1) is 11.5 Å². The molecule has 1 spiro atoms. The van der Waals surface area contributed by atoms with Crippen LogP contribution in [0.5, 0.6) is 0 Å². The van der Waals surface area contributed by atoms with Gasteiger partial charge in [-0.15, -0.1) is 0 Å². The number of likely N-dealkylation sites (tertiary alicyclic amines) is 1. The van der Waals surface area contributed by atoms with Gasteiger partial charge in [-0.05, 0) is 36.9 Å². The predicted octanol–water partition coefficient (Wildman–Crippen LogP) is 2.40. The SMILES string of the molecule is C[C@H](Cc1ccc(C(F)(F)F)nc1)CN1CCC2(C1)CS(=O)(=O)C2. The summed E-state index contributed by atoms with van der Waals surface area (Å²) in [5.74, 6) is 0.872. The zero-order chi connectivity index (χ0) is 17.6. The van der Waals surface area contributed by atoms with E-state index in [1.165, 1.54) is 12.3 Å². The molecule has 4 nitrogen and oxygen atoms in total. The fourth-order valence-corrected chi connectivity index (χ4v) is 6.18. The molecule has 2 aliphatic heterocycles. The maximum absolute atomic E-state index is 12.5. The zero-order valence-electron chi connectivity index (χ0n) is 13.5. The van der Waals surface area contributed by atoms with E-state index in [1.807, 2.05) is 0 Å². The molecule has 2 saturated heterocycles. The highest BCUT2D eigenvalue weighted by Gasteiger charge is 2.51. The Bertz CT molecular complexity index is 689. The van der Waals surface area contributed by atoms with E-state index in [0.29, 0.717) is 17.9 Å². The van der Waals surface area contributed by atoms with Crippen LogP contribution in [0.3, 0.4) is 0 Å². The van der Waals surface area contributed by atoms with Crippen LogP contribution in [0.1, 0.15) is 24.6 Å². The Kier molecular flexibility index (Phi) is 4.40. The Morgan fingerprint density at radius 2 is 2.04 bits per heavy atom. The van der Waals surface area contributed by atoms with Crippen molar-refractivity contribution >= 4 is 9.84 Å². The van der Waals surface area contributed by atoms with E-state index >= 15 is 0 Å². The second kappa shape index (κ2) is 5.98. The normalized spacial score (nSPS) is 24.0. The summed E-state index contributed by atoms with van der Waals surface area (Å²) in [7, 11) is -2.82. The van der Waals surface area contributed by atoms with Crippen molar-refractivity contribution in [2.24, 2.45) is 11.3 Å². The molecule has 1 aromatic rings. The van der Waals surface area contributed by atoms with E-state index in [9.17, 15) is 21.6 Å². The molecule has 0 radical (unpaired) electrons. The van der Waals surface area contributed by atoms with Gasteiger partial charge in [-0.3, -0.25) is 4.98 Å². The molecule has 134 valence electrons. The van der Waals surface area contributed by atoms with Crippen LogP contribution >= 0.6 is 0 Å². The number of aromatic nitrogens is 1. The molecule has 0 amide bonds. The van der Waals surface area contributed by atoms with Gasteiger partial charge in [-0.2, -0.15) is 13.2 Å². The summed E-state index contributed by atoms with van der Waals surface area (Å²) < 4.78 is 60.3. The minimum Gasteiger partial charge on any atom is -0.302 e. The standard InChI is InChI=1S/C16H21F3N2O2S/c1-12(6-13-2-3-14(20-7-13)16(17,18)19)8-21-5-4-15(9-21)10-24(22,23)11-15/h2-3,7,12H,4-6,8-11H2,1H3/t12-/m1/s1. The summed E-state index contributed by atoms with van der Waals surface area (Å²) in [6.07, 6.45) is -1.53. The molecule has 2 fully saturated rings. The molecule has 24 heavy (non-hydrogen) atoms. The highest BCUT2D eigenvalue weighted by Crippen LogP contribution is 2.41. The molecule has 0 saturated carbocycles. The molecule has 1 aromatic heterocycles. The first kappa shape index (κ1) is 17.7. The third-order valence-electron chi connectivity index (χ3n) is 4.84. The number of sulfone groups is 1. The van der Waals surface area contributed by atoms with Gasteiger partial charge in [0.25, 0.3) is 0 Å². The van der Waals surface area contributed by atoms with Gasteiger partial charge < -0.3 is 4.90 Å². The quantitative estimate of drug-likeness (QED) is 0.825. The Morgan fingerprint density at radius 3 is 2.58 bits per heavy atom. The first-order chi connectivity index (χ1) is 11.1. The van der Waals surface area contributed by atoms with Crippen LogP contribution in [-0.4, -0.2) is 49.4 Å². The monoisotopic (exact) mass is 362 g/mol. The van der Waals surface area contributed by atoms with Crippen LogP contribution < -0.4 is 0 Å². The maximum atomic E-state index is 12.5. The molecule has 1 atom stereocenters.